The molecule has 1 saturated heterocycles. The molecule has 0 aromatic heterocycles. The molecule has 1 amide bonds. The van der Waals surface area contributed by atoms with Crippen LogP contribution in [0.1, 0.15) is 13.8 Å². The van der Waals surface area contributed by atoms with Crippen molar-refractivity contribution in [2.45, 2.75) is 19.9 Å². The fraction of sp³-hybridized carbons (Fsp3) is 0.750. The number of carbonyl (C=O) groups is 2. The van der Waals surface area contributed by atoms with Gasteiger partial charge in [-0.25, -0.2) is 0 Å². The van der Waals surface area contributed by atoms with E-state index in [1.54, 1.807) is 18.2 Å². The molecule has 0 saturated carbocycles. The highest BCUT2D eigenvalue weighted by atomic mass is 32.2. The van der Waals surface area contributed by atoms with Gasteiger partial charge in [0, 0.05) is 18.3 Å². The van der Waals surface area contributed by atoms with Crippen LogP contribution in [0, 0.1) is 18.3 Å². The fourth-order valence-corrected chi connectivity index (χ4v) is 2.95. The van der Waals surface area contributed by atoms with Crippen LogP contribution < -0.4 is 10.6 Å². The maximum absolute atomic E-state index is 11.3. The number of hydrogen-bond acceptors (Lipinski definition) is 4. The summed E-state index contributed by atoms with van der Waals surface area (Å²) in [4.78, 5) is 22.3. The van der Waals surface area contributed by atoms with Crippen LogP contribution in [0.2, 0.25) is 0 Å². The monoisotopic (exact) mass is 273 g/mol. The van der Waals surface area contributed by atoms with Gasteiger partial charge >= 0.3 is 5.97 Å². The van der Waals surface area contributed by atoms with E-state index >= 15 is 0 Å². The van der Waals surface area contributed by atoms with E-state index in [1.807, 2.05) is 13.8 Å². The number of carboxylic acid groups (broad SMARTS) is 1. The Hall–Kier alpha value is -0.750. The second-order valence-corrected chi connectivity index (χ2v) is 5.84. The molecule has 1 aliphatic heterocycles. The quantitative estimate of drug-likeness (QED) is 0.584. The third-order valence-electron chi connectivity index (χ3n) is 2.81. The van der Waals surface area contributed by atoms with E-state index < -0.39 is 5.97 Å². The number of hydrogen-bond donors (Lipinski definition) is 3. The van der Waals surface area contributed by atoms with Crippen molar-refractivity contribution in [1.82, 2.24) is 10.6 Å². The topological polar surface area (TPSA) is 78.4 Å². The van der Waals surface area contributed by atoms with E-state index in [0.29, 0.717) is 12.3 Å². The molecule has 5 nitrogen and oxygen atoms in total. The van der Waals surface area contributed by atoms with Crippen LogP contribution in [-0.4, -0.2) is 47.6 Å². The first-order valence-corrected chi connectivity index (χ1v) is 7.31. The average Bonchev–Trinajstić information content (AvgIpc) is 2.71. The van der Waals surface area contributed by atoms with Crippen molar-refractivity contribution in [2.75, 3.05) is 24.6 Å². The first-order valence-electron chi connectivity index (χ1n) is 6.15. The third kappa shape index (κ3) is 5.27. The highest BCUT2D eigenvalue weighted by Crippen LogP contribution is 2.21. The lowest BCUT2D eigenvalue weighted by atomic mass is 9.98. The molecule has 1 heterocycles. The molecular formula is C12H21N2O3S. The number of carbonyl (C=O) groups excluding carboxylic acids is 1. The Kier molecular flexibility index (Phi) is 6.49. The van der Waals surface area contributed by atoms with E-state index in [0.717, 1.165) is 12.3 Å². The Bertz CT molecular complexity index is 297. The van der Waals surface area contributed by atoms with Crippen LogP contribution in [0.25, 0.3) is 0 Å². The van der Waals surface area contributed by atoms with Crippen LogP contribution >= 0.6 is 11.8 Å². The average molecular weight is 273 g/mol. The summed E-state index contributed by atoms with van der Waals surface area (Å²) in [6, 6.07) is 0.147. The maximum Gasteiger partial charge on any atom is 0.308 e. The molecule has 0 aromatic rings. The van der Waals surface area contributed by atoms with Crippen LogP contribution in [0.3, 0.4) is 0 Å². The van der Waals surface area contributed by atoms with Crippen LogP contribution in [0.15, 0.2) is 0 Å². The van der Waals surface area contributed by atoms with Crippen LogP contribution in [0.4, 0.5) is 0 Å². The minimum Gasteiger partial charge on any atom is -0.481 e. The van der Waals surface area contributed by atoms with Gasteiger partial charge in [0.05, 0.1) is 12.3 Å². The number of amides is 1. The van der Waals surface area contributed by atoms with Crippen molar-refractivity contribution in [1.29, 1.82) is 0 Å². The van der Waals surface area contributed by atoms with E-state index in [9.17, 15) is 9.59 Å². The summed E-state index contributed by atoms with van der Waals surface area (Å²) in [5, 5.41) is 14.9. The summed E-state index contributed by atoms with van der Waals surface area (Å²) in [5.74, 6) is 0.483. The first kappa shape index (κ1) is 15.3. The zero-order valence-corrected chi connectivity index (χ0v) is 11.6. The highest BCUT2D eigenvalue weighted by Gasteiger charge is 2.32. The normalized spacial score (nSPS) is 23.3. The molecule has 1 fully saturated rings. The molecule has 6 heteroatoms. The van der Waals surface area contributed by atoms with Gasteiger partial charge in [0.1, 0.15) is 0 Å². The van der Waals surface area contributed by atoms with E-state index in [1.165, 1.54) is 0 Å². The maximum atomic E-state index is 11.3. The van der Waals surface area contributed by atoms with Crippen LogP contribution in [-0.2, 0) is 9.59 Å². The number of nitrogens with one attached hydrogen (secondary N) is 2. The summed E-state index contributed by atoms with van der Waals surface area (Å²) in [5.41, 5.74) is 0. The van der Waals surface area contributed by atoms with Crippen molar-refractivity contribution in [3.63, 3.8) is 0 Å². The van der Waals surface area contributed by atoms with Crippen molar-refractivity contribution >= 4 is 23.6 Å². The SMILES string of the molecule is CC(C)NC(=O)[CH]CSCC1CNCC1C(=O)O. The molecule has 0 aliphatic carbocycles. The molecule has 1 radical (unpaired) electrons. The Morgan fingerprint density at radius 1 is 1.50 bits per heavy atom. The van der Waals surface area contributed by atoms with E-state index in [4.69, 9.17) is 5.11 Å². The predicted octanol–water partition coefficient (Wildman–Crippen LogP) is 0.369. The van der Waals surface area contributed by atoms with Gasteiger partial charge < -0.3 is 15.7 Å². The standard InChI is InChI=1S/C12H21N2O3S/c1-8(2)14-11(15)3-4-18-7-9-5-13-6-10(9)12(16)17/h3,8-10,13H,4-7H2,1-2H3,(H,14,15)(H,16,17). The summed E-state index contributed by atoms with van der Waals surface area (Å²) < 4.78 is 0. The van der Waals surface area contributed by atoms with Crippen molar-refractivity contribution < 1.29 is 14.7 Å². The largest absolute Gasteiger partial charge is 0.481 e. The number of aliphatic carboxylic acids is 1. The Labute approximate surface area is 112 Å². The summed E-state index contributed by atoms with van der Waals surface area (Å²) >= 11 is 1.61. The lowest BCUT2D eigenvalue weighted by Crippen LogP contribution is -2.30. The molecule has 18 heavy (non-hydrogen) atoms. The zero-order valence-electron chi connectivity index (χ0n) is 10.8. The number of rotatable bonds is 7. The molecule has 0 aromatic carbocycles. The molecule has 2 unspecified atom stereocenters. The smallest absolute Gasteiger partial charge is 0.308 e. The molecule has 1 rings (SSSR count). The van der Waals surface area contributed by atoms with Gasteiger partial charge in [0.25, 0.3) is 0 Å². The Morgan fingerprint density at radius 3 is 2.83 bits per heavy atom. The first-order chi connectivity index (χ1) is 8.50. The van der Waals surface area contributed by atoms with Crippen LogP contribution in [0.5, 0.6) is 0 Å². The van der Waals surface area contributed by atoms with Crippen molar-refractivity contribution in [3.05, 3.63) is 6.42 Å². The predicted molar refractivity (Wildman–Crippen MR) is 72.4 cm³/mol. The minimum absolute atomic E-state index is 0.0585. The van der Waals surface area contributed by atoms with Gasteiger partial charge in [0.15, 0.2) is 0 Å². The summed E-state index contributed by atoms with van der Waals surface area (Å²) in [7, 11) is 0. The summed E-state index contributed by atoms with van der Waals surface area (Å²) in [6.07, 6.45) is 1.61. The third-order valence-corrected chi connectivity index (χ3v) is 3.87. The highest BCUT2D eigenvalue weighted by molar-refractivity contribution is 7.99. The zero-order chi connectivity index (χ0) is 13.5. The summed E-state index contributed by atoms with van der Waals surface area (Å²) in [6.45, 7) is 5.14. The number of carboxylic acids is 1. The Balaban J connectivity index is 2.14. The second-order valence-electron chi connectivity index (χ2n) is 4.77. The second kappa shape index (κ2) is 7.63. The number of thioether (sulfide) groups is 1. The molecule has 3 N–H and O–H groups in total. The van der Waals surface area contributed by atoms with Gasteiger partial charge in [0.2, 0.25) is 5.91 Å². The van der Waals surface area contributed by atoms with Gasteiger partial charge in [-0.3, -0.25) is 9.59 Å². The Morgan fingerprint density at radius 2 is 2.22 bits per heavy atom. The lowest BCUT2D eigenvalue weighted by molar-refractivity contribution is -0.142. The molecule has 0 spiro atoms. The van der Waals surface area contributed by atoms with Gasteiger partial charge in [-0.15, -0.1) is 0 Å². The van der Waals surface area contributed by atoms with E-state index in [-0.39, 0.29) is 23.8 Å². The molecule has 1 aliphatic rings. The molecular weight excluding hydrogens is 252 g/mol. The van der Waals surface area contributed by atoms with Crippen molar-refractivity contribution in [2.24, 2.45) is 11.8 Å². The fourth-order valence-electron chi connectivity index (χ4n) is 1.89. The van der Waals surface area contributed by atoms with Gasteiger partial charge in [-0.05, 0) is 32.1 Å². The van der Waals surface area contributed by atoms with Gasteiger partial charge in [-0.2, -0.15) is 11.8 Å². The minimum atomic E-state index is -0.730. The molecule has 0 bridgehead atoms. The van der Waals surface area contributed by atoms with Crippen molar-refractivity contribution in [3.8, 4) is 0 Å². The van der Waals surface area contributed by atoms with Gasteiger partial charge in [-0.1, -0.05) is 0 Å². The molecule has 2 atom stereocenters. The van der Waals surface area contributed by atoms with E-state index in [2.05, 4.69) is 10.6 Å². The molecule has 103 valence electrons. The lowest BCUT2D eigenvalue weighted by Gasteiger charge is -2.14.